The topological polar surface area (TPSA) is 35.5 Å². The average molecular weight is 218 g/mol. The van der Waals surface area contributed by atoms with Crippen molar-refractivity contribution < 1.29 is 5.11 Å². The number of hydrogen-bond donors (Lipinski definition) is 2. The average Bonchev–Trinajstić information content (AvgIpc) is 2.29. The zero-order chi connectivity index (χ0) is 11.1. The van der Waals surface area contributed by atoms with Gasteiger partial charge in [0.1, 0.15) is 5.75 Å². The van der Waals surface area contributed by atoms with E-state index in [4.69, 9.17) is 0 Å². The van der Waals surface area contributed by atoms with Gasteiger partial charge in [-0.05, 0) is 49.1 Å². The molecule has 1 fully saturated rings. The highest BCUT2D eigenvalue weighted by atomic mass is 16.3. The Morgan fingerprint density at radius 3 is 3.19 bits per heavy atom. The van der Waals surface area contributed by atoms with Gasteiger partial charge in [-0.1, -0.05) is 0 Å². The van der Waals surface area contributed by atoms with Gasteiger partial charge >= 0.3 is 0 Å². The molecule has 0 spiro atoms. The van der Waals surface area contributed by atoms with Crippen LogP contribution in [0.3, 0.4) is 0 Å². The highest BCUT2D eigenvalue weighted by molar-refractivity contribution is 5.58. The van der Waals surface area contributed by atoms with E-state index >= 15 is 0 Å². The lowest BCUT2D eigenvalue weighted by Gasteiger charge is -2.44. The molecule has 3 nitrogen and oxygen atoms in total. The van der Waals surface area contributed by atoms with Crippen LogP contribution in [0, 0.1) is 5.92 Å². The van der Waals surface area contributed by atoms with Crippen LogP contribution in [0.5, 0.6) is 5.75 Å². The third-order valence-electron chi connectivity index (χ3n) is 4.01. The molecule has 0 radical (unpaired) electrons. The van der Waals surface area contributed by atoms with Crippen LogP contribution in [0.2, 0.25) is 0 Å². The molecule has 2 atom stereocenters. The first kappa shape index (κ1) is 9.97. The summed E-state index contributed by atoms with van der Waals surface area (Å²) in [5.41, 5.74) is 2.58. The van der Waals surface area contributed by atoms with E-state index in [1.54, 1.807) is 6.07 Å². The Hall–Kier alpha value is -1.22. The summed E-state index contributed by atoms with van der Waals surface area (Å²) in [6.45, 7) is 2.21. The number of aromatic hydroxyl groups is 1. The van der Waals surface area contributed by atoms with Crippen molar-refractivity contribution in [2.45, 2.75) is 18.9 Å². The molecule has 2 aliphatic rings. The maximum atomic E-state index is 9.54. The van der Waals surface area contributed by atoms with Crippen molar-refractivity contribution in [3.63, 3.8) is 0 Å². The van der Waals surface area contributed by atoms with E-state index in [1.807, 2.05) is 12.1 Å². The molecule has 2 aliphatic heterocycles. The standard InChI is InChI=1S/C13H18N2O/c1-15-12-3-2-11(16)7-10(12)6-9-4-5-14-8-13(9)15/h2-3,7,9,13-14,16H,4-6,8H2,1H3. The zero-order valence-electron chi connectivity index (χ0n) is 9.61. The fourth-order valence-electron chi connectivity index (χ4n) is 3.13. The number of nitrogens with one attached hydrogen (secondary N) is 1. The monoisotopic (exact) mass is 218 g/mol. The lowest BCUT2D eigenvalue weighted by molar-refractivity contribution is 0.302. The summed E-state index contributed by atoms with van der Waals surface area (Å²) in [5.74, 6) is 1.13. The van der Waals surface area contributed by atoms with Gasteiger partial charge in [0, 0.05) is 25.3 Å². The third kappa shape index (κ3) is 1.47. The minimum Gasteiger partial charge on any atom is -0.508 e. The second-order valence-corrected chi connectivity index (χ2v) is 4.95. The van der Waals surface area contributed by atoms with Gasteiger partial charge in [-0.2, -0.15) is 0 Å². The van der Waals surface area contributed by atoms with Crippen molar-refractivity contribution in [2.24, 2.45) is 5.92 Å². The van der Waals surface area contributed by atoms with Crippen molar-refractivity contribution in [3.05, 3.63) is 23.8 Å². The number of phenols is 1. The fraction of sp³-hybridized carbons (Fsp3) is 0.538. The molecule has 3 heteroatoms. The Bertz CT molecular complexity index is 405. The van der Waals surface area contributed by atoms with Crippen LogP contribution in [0.15, 0.2) is 18.2 Å². The van der Waals surface area contributed by atoms with Crippen molar-refractivity contribution >= 4 is 5.69 Å². The number of piperidine rings is 1. The lowest BCUT2D eigenvalue weighted by atomic mass is 9.82. The molecule has 3 rings (SSSR count). The van der Waals surface area contributed by atoms with Crippen molar-refractivity contribution in [2.75, 3.05) is 25.0 Å². The maximum absolute atomic E-state index is 9.54. The molecule has 1 aromatic carbocycles. The number of fused-ring (bicyclic) bond motifs is 2. The normalized spacial score (nSPS) is 28.4. The molecule has 0 bridgehead atoms. The molecular weight excluding hydrogens is 200 g/mol. The molecule has 1 aromatic rings. The van der Waals surface area contributed by atoms with Crippen molar-refractivity contribution in [3.8, 4) is 5.75 Å². The van der Waals surface area contributed by atoms with Crippen LogP contribution < -0.4 is 10.2 Å². The molecule has 0 aliphatic carbocycles. The van der Waals surface area contributed by atoms with Crippen molar-refractivity contribution in [1.29, 1.82) is 0 Å². The summed E-state index contributed by atoms with van der Waals surface area (Å²) >= 11 is 0. The van der Waals surface area contributed by atoms with Gasteiger partial charge in [-0.25, -0.2) is 0 Å². The summed E-state index contributed by atoms with van der Waals surface area (Å²) in [5, 5.41) is 13.0. The maximum Gasteiger partial charge on any atom is 0.116 e. The first-order chi connectivity index (χ1) is 7.75. The van der Waals surface area contributed by atoms with Gasteiger partial charge in [-0.3, -0.25) is 0 Å². The summed E-state index contributed by atoms with van der Waals surface area (Å²) in [6, 6.07) is 6.36. The number of likely N-dealkylation sites (N-methyl/N-ethyl adjacent to an activating group) is 1. The van der Waals surface area contributed by atoms with Crippen LogP contribution >= 0.6 is 0 Å². The highest BCUT2D eigenvalue weighted by Gasteiger charge is 2.33. The summed E-state index contributed by atoms with van der Waals surface area (Å²) in [7, 11) is 2.17. The molecule has 2 N–H and O–H groups in total. The van der Waals surface area contributed by atoms with Gasteiger partial charge < -0.3 is 15.3 Å². The lowest BCUT2D eigenvalue weighted by Crippen LogP contribution is -2.53. The molecule has 2 heterocycles. The molecule has 0 saturated carbocycles. The van der Waals surface area contributed by atoms with Crippen LogP contribution in [0.4, 0.5) is 5.69 Å². The van der Waals surface area contributed by atoms with Crippen LogP contribution in [0.25, 0.3) is 0 Å². The summed E-state index contributed by atoms with van der Waals surface area (Å²) < 4.78 is 0. The van der Waals surface area contributed by atoms with E-state index in [1.165, 1.54) is 17.7 Å². The SMILES string of the molecule is CN1c2ccc(O)cc2CC2CCNCC21. The predicted molar refractivity (Wildman–Crippen MR) is 65.0 cm³/mol. The van der Waals surface area contributed by atoms with Crippen LogP contribution in [0.1, 0.15) is 12.0 Å². The summed E-state index contributed by atoms with van der Waals surface area (Å²) in [4.78, 5) is 2.37. The summed E-state index contributed by atoms with van der Waals surface area (Å²) in [6.07, 6.45) is 2.35. The smallest absolute Gasteiger partial charge is 0.116 e. The van der Waals surface area contributed by atoms with Gasteiger partial charge in [0.25, 0.3) is 0 Å². The number of hydrogen-bond acceptors (Lipinski definition) is 3. The van der Waals surface area contributed by atoms with Crippen LogP contribution in [-0.2, 0) is 6.42 Å². The molecule has 16 heavy (non-hydrogen) atoms. The van der Waals surface area contributed by atoms with E-state index in [-0.39, 0.29) is 0 Å². The number of benzene rings is 1. The molecule has 1 saturated heterocycles. The Kier molecular flexibility index (Phi) is 2.28. The van der Waals surface area contributed by atoms with Gasteiger partial charge in [-0.15, -0.1) is 0 Å². The minimum atomic E-state index is 0.388. The first-order valence-corrected chi connectivity index (χ1v) is 6.01. The van der Waals surface area contributed by atoms with Gasteiger partial charge in [0.2, 0.25) is 0 Å². The van der Waals surface area contributed by atoms with Gasteiger partial charge in [0.05, 0.1) is 0 Å². The third-order valence-corrected chi connectivity index (χ3v) is 4.01. The van der Waals surface area contributed by atoms with E-state index in [2.05, 4.69) is 17.3 Å². The Morgan fingerprint density at radius 2 is 2.31 bits per heavy atom. The number of phenolic OH excluding ortho intramolecular Hbond substituents is 1. The van der Waals surface area contributed by atoms with E-state index in [0.29, 0.717) is 11.8 Å². The van der Waals surface area contributed by atoms with Crippen molar-refractivity contribution in [1.82, 2.24) is 5.32 Å². The van der Waals surface area contributed by atoms with E-state index in [0.717, 1.165) is 25.4 Å². The Balaban J connectivity index is 1.99. The van der Waals surface area contributed by atoms with E-state index in [9.17, 15) is 5.11 Å². The predicted octanol–water partition coefficient (Wildman–Crippen LogP) is 1.36. The Morgan fingerprint density at radius 1 is 1.44 bits per heavy atom. The minimum absolute atomic E-state index is 0.388. The quantitative estimate of drug-likeness (QED) is 0.690. The molecule has 2 unspecified atom stereocenters. The second kappa shape index (κ2) is 3.67. The van der Waals surface area contributed by atoms with Gasteiger partial charge in [0.15, 0.2) is 0 Å². The second-order valence-electron chi connectivity index (χ2n) is 4.95. The number of nitrogens with zero attached hydrogens (tertiary/aromatic N) is 1. The first-order valence-electron chi connectivity index (χ1n) is 6.01. The molecule has 0 aromatic heterocycles. The molecule has 86 valence electrons. The number of rotatable bonds is 0. The Labute approximate surface area is 96.1 Å². The number of anilines is 1. The molecular formula is C13H18N2O. The largest absolute Gasteiger partial charge is 0.508 e. The fourth-order valence-corrected chi connectivity index (χ4v) is 3.13. The van der Waals surface area contributed by atoms with E-state index < -0.39 is 0 Å². The zero-order valence-corrected chi connectivity index (χ0v) is 9.61. The van der Waals surface area contributed by atoms with Crippen LogP contribution in [-0.4, -0.2) is 31.3 Å². The molecule has 0 amide bonds. The highest BCUT2D eigenvalue weighted by Crippen LogP contribution is 2.36.